The van der Waals surface area contributed by atoms with Crippen molar-refractivity contribution in [3.05, 3.63) is 52.2 Å². The zero-order chi connectivity index (χ0) is 14.8. The van der Waals surface area contributed by atoms with Gasteiger partial charge >= 0.3 is 0 Å². The first-order valence-corrected chi connectivity index (χ1v) is 6.59. The van der Waals surface area contributed by atoms with E-state index >= 15 is 0 Å². The van der Waals surface area contributed by atoms with Crippen LogP contribution in [-0.2, 0) is 6.42 Å². The van der Waals surface area contributed by atoms with Gasteiger partial charge in [0.2, 0.25) is 0 Å². The summed E-state index contributed by atoms with van der Waals surface area (Å²) < 4.78 is 1.42. The van der Waals surface area contributed by atoms with E-state index in [4.69, 9.17) is 5.26 Å². The van der Waals surface area contributed by atoms with Gasteiger partial charge in [-0.1, -0.05) is 0 Å². The van der Waals surface area contributed by atoms with Crippen LogP contribution in [0.25, 0.3) is 16.9 Å². The van der Waals surface area contributed by atoms with E-state index in [9.17, 15) is 4.79 Å². The van der Waals surface area contributed by atoms with E-state index in [1.54, 1.807) is 19.3 Å². The molecular weight excluding hydrogens is 266 g/mol. The van der Waals surface area contributed by atoms with Crippen LogP contribution >= 0.6 is 0 Å². The SMILES string of the molecule is Cc1nc2cc(-c3cccnc3)[nH]n2c(=O)c1CCC#N. The first-order valence-electron chi connectivity index (χ1n) is 6.59. The van der Waals surface area contributed by atoms with Crippen LogP contribution in [0.5, 0.6) is 0 Å². The Bertz CT molecular complexity index is 886. The van der Waals surface area contributed by atoms with Gasteiger partial charge in [0.05, 0.1) is 11.8 Å². The second-order valence-corrected chi connectivity index (χ2v) is 4.74. The molecule has 0 atom stereocenters. The van der Waals surface area contributed by atoms with Crippen LogP contribution in [0.15, 0.2) is 35.4 Å². The van der Waals surface area contributed by atoms with Crippen LogP contribution in [0, 0.1) is 18.3 Å². The lowest BCUT2D eigenvalue weighted by atomic mass is 10.1. The van der Waals surface area contributed by atoms with Crippen molar-refractivity contribution in [2.75, 3.05) is 0 Å². The standard InChI is InChI=1S/C15H13N5O/c1-10-12(5-2-6-16)15(21)20-14(18-10)8-13(19-20)11-4-3-7-17-9-11/h3-4,7-9,19H,2,5H2,1H3. The molecule has 0 aliphatic heterocycles. The molecule has 104 valence electrons. The number of rotatable bonds is 3. The topological polar surface area (TPSA) is 86.8 Å². The fraction of sp³-hybridized carbons (Fsp3) is 0.200. The van der Waals surface area contributed by atoms with Gasteiger partial charge in [-0.15, -0.1) is 0 Å². The van der Waals surface area contributed by atoms with Crippen molar-refractivity contribution >= 4 is 5.65 Å². The highest BCUT2D eigenvalue weighted by atomic mass is 16.1. The lowest BCUT2D eigenvalue weighted by Gasteiger charge is -2.02. The summed E-state index contributed by atoms with van der Waals surface area (Å²) >= 11 is 0. The molecule has 0 aliphatic rings. The molecule has 0 bridgehead atoms. The van der Waals surface area contributed by atoms with Gasteiger partial charge in [-0.3, -0.25) is 14.9 Å². The summed E-state index contributed by atoms with van der Waals surface area (Å²) in [4.78, 5) is 21.0. The number of hydrogen-bond acceptors (Lipinski definition) is 4. The molecule has 3 aromatic rings. The van der Waals surface area contributed by atoms with Crippen molar-refractivity contribution in [1.29, 1.82) is 5.26 Å². The molecule has 0 aliphatic carbocycles. The van der Waals surface area contributed by atoms with Crippen LogP contribution in [0.4, 0.5) is 0 Å². The van der Waals surface area contributed by atoms with Crippen LogP contribution < -0.4 is 5.56 Å². The second kappa shape index (κ2) is 5.21. The van der Waals surface area contributed by atoms with Gasteiger partial charge in [0.15, 0.2) is 5.65 Å². The third-order valence-electron chi connectivity index (χ3n) is 3.37. The van der Waals surface area contributed by atoms with Crippen molar-refractivity contribution in [3.8, 4) is 17.3 Å². The smallest absolute Gasteiger partial charge is 0.276 e. The van der Waals surface area contributed by atoms with Gasteiger partial charge in [0, 0.05) is 41.7 Å². The van der Waals surface area contributed by atoms with Crippen LogP contribution in [0.1, 0.15) is 17.7 Å². The largest absolute Gasteiger partial charge is 0.289 e. The minimum absolute atomic E-state index is 0.150. The molecule has 3 aromatic heterocycles. The number of fused-ring (bicyclic) bond motifs is 1. The summed E-state index contributed by atoms with van der Waals surface area (Å²) in [6.07, 6.45) is 4.14. The average Bonchev–Trinajstić information content (AvgIpc) is 2.92. The lowest BCUT2D eigenvalue weighted by molar-refractivity contribution is 0.840. The van der Waals surface area contributed by atoms with Crippen molar-refractivity contribution in [2.24, 2.45) is 0 Å². The Labute approximate surface area is 120 Å². The molecule has 0 spiro atoms. The number of nitrogens with zero attached hydrogens (tertiary/aromatic N) is 4. The van der Waals surface area contributed by atoms with E-state index < -0.39 is 0 Å². The van der Waals surface area contributed by atoms with E-state index in [1.807, 2.05) is 18.2 Å². The number of nitriles is 1. The van der Waals surface area contributed by atoms with Gasteiger partial charge in [-0.2, -0.15) is 5.26 Å². The monoisotopic (exact) mass is 279 g/mol. The lowest BCUT2D eigenvalue weighted by Crippen LogP contribution is -2.21. The van der Waals surface area contributed by atoms with Gasteiger partial charge in [-0.25, -0.2) is 9.50 Å². The fourth-order valence-corrected chi connectivity index (χ4v) is 2.31. The Hall–Kier alpha value is -2.94. The Kier molecular flexibility index (Phi) is 3.24. The highest BCUT2D eigenvalue weighted by molar-refractivity contribution is 5.63. The van der Waals surface area contributed by atoms with Gasteiger partial charge < -0.3 is 0 Å². The Morgan fingerprint density at radius 3 is 3.05 bits per heavy atom. The summed E-state index contributed by atoms with van der Waals surface area (Å²) in [6, 6.07) is 7.62. The minimum Gasteiger partial charge on any atom is -0.289 e. The number of aromatic amines is 1. The maximum atomic E-state index is 12.5. The molecule has 6 heteroatoms. The molecule has 0 aromatic carbocycles. The Morgan fingerprint density at radius 1 is 1.48 bits per heavy atom. The summed E-state index contributed by atoms with van der Waals surface area (Å²) in [5.41, 5.74) is 3.34. The molecule has 0 fully saturated rings. The average molecular weight is 279 g/mol. The van der Waals surface area contributed by atoms with Crippen molar-refractivity contribution in [2.45, 2.75) is 19.8 Å². The summed E-state index contributed by atoms with van der Waals surface area (Å²) in [5.74, 6) is 0. The molecule has 0 radical (unpaired) electrons. The van der Waals surface area contributed by atoms with Gasteiger partial charge in [0.25, 0.3) is 5.56 Å². The molecule has 0 saturated carbocycles. The number of pyridine rings is 1. The third kappa shape index (κ3) is 2.30. The van der Waals surface area contributed by atoms with Crippen LogP contribution in [-0.4, -0.2) is 19.6 Å². The van der Waals surface area contributed by atoms with Crippen molar-refractivity contribution in [3.63, 3.8) is 0 Å². The Morgan fingerprint density at radius 2 is 2.33 bits per heavy atom. The quantitative estimate of drug-likeness (QED) is 0.792. The Balaban J connectivity index is 2.17. The molecule has 0 amide bonds. The molecule has 3 rings (SSSR count). The molecule has 6 nitrogen and oxygen atoms in total. The summed E-state index contributed by atoms with van der Waals surface area (Å²) in [6.45, 7) is 1.80. The second-order valence-electron chi connectivity index (χ2n) is 4.74. The predicted octanol–water partition coefficient (Wildman–Crippen LogP) is 1.85. The van der Waals surface area contributed by atoms with E-state index in [1.165, 1.54) is 4.52 Å². The zero-order valence-electron chi connectivity index (χ0n) is 11.5. The normalized spacial score (nSPS) is 10.7. The molecule has 3 heterocycles. The molecule has 0 saturated heterocycles. The van der Waals surface area contributed by atoms with E-state index in [0.29, 0.717) is 29.7 Å². The highest BCUT2D eigenvalue weighted by Crippen LogP contribution is 2.17. The van der Waals surface area contributed by atoms with E-state index in [2.05, 4.69) is 21.1 Å². The van der Waals surface area contributed by atoms with Gasteiger partial charge in [-0.05, 0) is 25.5 Å². The van der Waals surface area contributed by atoms with Gasteiger partial charge in [0.1, 0.15) is 0 Å². The van der Waals surface area contributed by atoms with Crippen LogP contribution in [0.3, 0.4) is 0 Å². The van der Waals surface area contributed by atoms with Crippen LogP contribution in [0.2, 0.25) is 0 Å². The zero-order valence-corrected chi connectivity index (χ0v) is 11.5. The highest BCUT2D eigenvalue weighted by Gasteiger charge is 2.12. The fourth-order valence-electron chi connectivity index (χ4n) is 2.31. The molecular formula is C15H13N5O. The predicted molar refractivity (Wildman–Crippen MR) is 77.7 cm³/mol. The first-order chi connectivity index (χ1) is 10.2. The third-order valence-corrected chi connectivity index (χ3v) is 3.37. The molecule has 1 N–H and O–H groups in total. The summed E-state index contributed by atoms with van der Waals surface area (Å²) in [7, 11) is 0. The maximum absolute atomic E-state index is 12.5. The number of aryl methyl sites for hydroxylation is 1. The number of H-pyrrole nitrogens is 1. The molecule has 0 unspecified atom stereocenters. The first kappa shape index (κ1) is 13.1. The van der Waals surface area contributed by atoms with Crippen molar-refractivity contribution in [1.82, 2.24) is 19.6 Å². The maximum Gasteiger partial charge on any atom is 0.276 e. The van der Waals surface area contributed by atoms with E-state index in [-0.39, 0.29) is 5.56 Å². The summed E-state index contributed by atoms with van der Waals surface area (Å²) in [5, 5.41) is 11.7. The number of aromatic nitrogens is 4. The number of nitrogens with one attached hydrogen (secondary N) is 1. The number of hydrogen-bond donors (Lipinski definition) is 1. The van der Waals surface area contributed by atoms with E-state index in [0.717, 1.165) is 11.3 Å². The van der Waals surface area contributed by atoms with Crippen molar-refractivity contribution < 1.29 is 0 Å². The molecule has 21 heavy (non-hydrogen) atoms. The minimum atomic E-state index is -0.150.